The SMILES string of the molecule is COC1C(O[C@H]2CC[C@@]3(C)C([C@H](O)C[C@]4(O)C3CC[C@@]3(C)C4[C@@H](O)C[C@@H]3[C@H](C)CC[C@H](OC3OC(CO)C(O)C3O)C(C)C)[C@H]2O)OCC(O)C1O. The summed E-state index contributed by atoms with van der Waals surface area (Å²) in [5.41, 5.74) is -2.39. The van der Waals surface area contributed by atoms with Gasteiger partial charge in [-0.05, 0) is 79.4 Å². The van der Waals surface area contributed by atoms with E-state index in [9.17, 15) is 46.0 Å². The van der Waals surface area contributed by atoms with Gasteiger partial charge in [-0.25, -0.2) is 0 Å². The van der Waals surface area contributed by atoms with Crippen LogP contribution in [0, 0.1) is 46.3 Å². The molecule has 4 aliphatic carbocycles. The highest BCUT2D eigenvalue weighted by Crippen LogP contribution is 2.70. The molecule has 0 spiro atoms. The van der Waals surface area contributed by atoms with E-state index in [1.807, 2.05) is 20.8 Å². The van der Waals surface area contributed by atoms with E-state index in [2.05, 4.69) is 13.8 Å². The summed E-state index contributed by atoms with van der Waals surface area (Å²) in [4.78, 5) is 0. The summed E-state index contributed by atoms with van der Waals surface area (Å²) >= 11 is 0. The fraction of sp³-hybridized carbons (Fsp3) is 1.00. The van der Waals surface area contributed by atoms with E-state index in [0.717, 1.165) is 12.8 Å². The van der Waals surface area contributed by atoms with Crippen molar-refractivity contribution in [1.29, 1.82) is 0 Å². The number of hydrogen-bond acceptors (Lipinski definition) is 14. The van der Waals surface area contributed by atoms with Crippen molar-refractivity contribution in [2.24, 2.45) is 46.3 Å². The van der Waals surface area contributed by atoms with Crippen LogP contribution in [0.4, 0.5) is 0 Å². The summed E-state index contributed by atoms with van der Waals surface area (Å²) < 4.78 is 29.0. The van der Waals surface area contributed by atoms with E-state index >= 15 is 0 Å². The molecule has 6 fully saturated rings. The Bertz CT molecular complexity index is 1210. The minimum absolute atomic E-state index is 0.0271. The van der Waals surface area contributed by atoms with Gasteiger partial charge in [-0.3, -0.25) is 0 Å². The maximum Gasteiger partial charge on any atom is 0.186 e. The lowest BCUT2D eigenvalue weighted by Gasteiger charge is -2.66. The molecule has 2 saturated heterocycles. The average molecular weight is 747 g/mol. The van der Waals surface area contributed by atoms with Crippen LogP contribution >= 0.6 is 0 Å². The second kappa shape index (κ2) is 15.4. The first-order valence-electron chi connectivity index (χ1n) is 19.6. The number of methoxy groups -OCH3 is 1. The highest BCUT2D eigenvalue weighted by molar-refractivity contribution is 5.21. The van der Waals surface area contributed by atoms with Crippen LogP contribution in [0.2, 0.25) is 0 Å². The monoisotopic (exact) mass is 746 g/mol. The van der Waals surface area contributed by atoms with Crippen molar-refractivity contribution in [2.75, 3.05) is 20.3 Å². The zero-order chi connectivity index (χ0) is 38.1. The van der Waals surface area contributed by atoms with E-state index in [4.69, 9.17) is 23.7 Å². The van der Waals surface area contributed by atoms with Crippen molar-refractivity contribution in [3.8, 4) is 0 Å². The van der Waals surface area contributed by atoms with Crippen LogP contribution in [0.15, 0.2) is 0 Å². The standard InChI is InChI=1S/C38H66O14/c1-17(2)23(50-34-31(46)30(45)25(15-39)52-34)8-7-18(3)19-13-20(40)33-36(19,4)12-10-26-37(5)11-9-24(29(44)27(37)21(41)14-38(26,33)47)51-35-32(48-6)28(43)22(42)16-49-35/h17-35,39-47H,7-16H2,1-6H3/t18-,19-,20+,21-,22?,23+,24+,25?,26?,27?,28?,29+,30?,31?,32?,33?,34?,35?,36-,37-,38+/m1/s1. The fourth-order valence-corrected chi connectivity index (χ4v) is 12.3. The van der Waals surface area contributed by atoms with Crippen LogP contribution in [-0.2, 0) is 23.7 Å². The smallest absolute Gasteiger partial charge is 0.186 e. The zero-order valence-corrected chi connectivity index (χ0v) is 31.6. The molecule has 0 aromatic heterocycles. The topological polar surface area (TPSA) is 228 Å². The summed E-state index contributed by atoms with van der Waals surface area (Å²) in [7, 11) is 1.39. The average Bonchev–Trinajstić information content (AvgIpc) is 3.52. The summed E-state index contributed by atoms with van der Waals surface area (Å²) in [6.45, 7) is 9.90. The molecule has 302 valence electrons. The molecule has 52 heavy (non-hydrogen) atoms. The van der Waals surface area contributed by atoms with Crippen LogP contribution in [0.25, 0.3) is 0 Å². The Kier molecular flexibility index (Phi) is 12.2. The second-order valence-corrected chi connectivity index (χ2v) is 18.1. The lowest BCUT2D eigenvalue weighted by atomic mass is 9.41. The molecular weight excluding hydrogens is 680 g/mol. The van der Waals surface area contributed by atoms with Gasteiger partial charge in [-0.2, -0.15) is 0 Å². The van der Waals surface area contributed by atoms with E-state index in [-0.39, 0.29) is 42.8 Å². The molecule has 2 heterocycles. The lowest BCUT2D eigenvalue weighted by Crippen LogP contribution is -2.71. The minimum Gasteiger partial charge on any atom is -0.394 e. The van der Waals surface area contributed by atoms with Gasteiger partial charge in [-0.1, -0.05) is 34.6 Å². The third-order valence-electron chi connectivity index (χ3n) is 14.9. The maximum atomic E-state index is 12.8. The van der Waals surface area contributed by atoms with E-state index in [1.54, 1.807) is 0 Å². The first-order valence-corrected chi connectivity index (χ1v) is 19.6. The van der Waals surface area contributed by atoms with Crippen molar-refractivity contribution in [3.05, 3.63) is 0 Å². The van der Waals surface area contributed by atoms with E-state index in [1.165, 1.54) is 7.11 Å². The number of hydrogen-bond donors (Lipinski definition) is 9. The van der Waals surface area contributed by atoms with Crippen molar-refractivity contribution in [2.45, 2.75) is 171 Å². The normalized spacial score (nSPS) is 53.3. The first-order chi connectivity index (χ1) is 24.4. The molecule has 9 N–H and O–H groups in total. The second-order valence-electron chi connectivity index (χ2n) is 18.1. The third-order valence-corrected chi connectivity index (χ3v) is 14.9. The van der Waals surface area contributed by atoms with Crippen LogP contribution < -0.4 is 0 Å². The maximum absolute atomic E-state index is 12.8. The van der Waals surface area contributed by atoms with E-state index in [0.29, 0.717) is 32.1 Å². The molecule has 0 aromatic rings. The quantitative estimate of drug-likeness (QED) is 0.127. The molecule has 0 amide bonds. The Morgan fingerprint density at radius 1 is 0.808 bits per heavy atom. The molecule has 6 aliphatic rings. The van der Waals surface area contributed by atoms with Crippen LogP contribution in [0.1, 0.15) is 86.0 Å². The molecule has 6 rings (SSSR count). The minimum atomic E-state index is -1.35. The summed E-state index contributed by atoms with van der Waals surface area (Å²) in [6, 6.07) is 0. The van der Waals surface area contributed by atoms with Gasteiger partial charge in [0.25, 0.3) is 0 Å². The molecular formula is C38H66O14. The molecule has 4 saturated carbocycles. The Morgan fingerprint density at radius 3 is 2.13 bits per heavy atom. The largest absolute Gasteiger partial charge is 0.394 e. The molecule has 14 nitrogen and oxygen atoms in total. The van der Waals surface area contributed by atoms with E-state index < -0.39 is 108 Å². The fourth-order valence-electron chi connectivity index (χ4n) is 12.3. The van der Waals surface area contributed by atoms with Crippen molar-refractivity contribution < 1.29 is 69.6 Å². The van der Waals surface area contributed by atoms with Crippen LogP contribution in [0.3, 0.4) is 0 Å². The molecule has 2 aliphatic heterocycles. The number of aliphatic hydroxyl groups excluding tert-OH is 8. The van der Waals surface area contributed by atoms with Crippen molar-refractivity contribution in [1.82, 2.24) is 0 Å². The number of aliphatic hydroxyl groups is 9. The Labute approximate surface area is 307 Å². The van der Waals surface area contributed by atoms with Gasteiger partial charge in [-0.15, -0.1) is 0 Å². The van der Waals surface area contributed by atoms with Gasteiger partial charge in [0.2, 0.25) is 0 Å². The highest BCUT2D eigenvalue weighted by atomic mass is 16.7. The van der Waals surface area contributed by atoms with Gasteiger partial charge in [0.15, 0.2) is 12.6 Å². The van der Waals surface area contributed by atoms with Crippen LogP contribution in [0.5, 0.6) is 0 Å². The Hall–Kier alpha value is -0.560. The molecule has 0 radical (unpaired) electrons. The third kappa shape index (κ3) is 6.82. The predicted molar refractivity (Wildman–Crippen MR) is 184 cm³/mol. The Balaban J connectivity index is 1.14. The summed E-state index contributed by atoms with van der Waals surface area (Å²) in [5, 5.41) is 98.9. The predicted octanol–water partition coefficient (Wildman–Crippen LogP) is 0.0474. The number of ether oxygens (including phenoxy) is 5. The van der Waals surface area contributed by atoms with Crippen LogP contribution in [-0.4, -0.2) is 152 Å². The highest BCUT2D eigenvalue weighted by Gasteiger charge is 2.72. The molecule has 21 atom stereocenters. The Morgan fingerprint density at radius 2 is 1.50 bits per heavy atom. The molecule has 14 heteroatoms. The van der Waals surface area contributed by atoms with Gasteiger partial charge in [0.05, 0.1) is 49.3 Å². The molecule has 0 aromatic carbocycles. The van der Waals surface area contributed by atoms with Gasteiger partial charge in [0.1, 0.15) is 36.6 Å². The van der Waals surface area contributed by atoms with Gasteiger partial charge < -0.3 is 69.6 Å². The summed E-state index contributed by atoms with van der Waals surface area (Å²) in [5.74, 6) is -0.995. The first kappa shape index (κ1) is 41.1. The van der Waals surface area contributed by atoms with Crippen molar-refractivity contribution in [3.63, 3.8) is 0 Å². The molecule has 11 unspecified atom stereocenters. The summed E-state index contributed by atoms with van der Waals surface area (Å²) in [6.07, 6.45) is -8.22. The van der Waals surface area contributed by atoms with Gasteiger partial charge >= 0.3 is 0 Å². The lowest BCUT2D eigenvalue weighted by molar-refractivity contribution is -0.320. The van der Waals surface area contributed by atoms with Crippen molar-refractivity contribution >= 4 is 0 Å². The van der Waals surface area contributed by atoms with Gasteiger partial charge in [0, 0.05) is 25.4 Å². The number of rotatable bonds is 11. The molecule has 0 bridgehead atoms. The number of fused-ring (bicyclic) bond motifs is 5. The zero-order valence-electron chi connectivity index (χ0n) is 31.6.